The SMILES string of the molecule is Cn1c(=O)c2c(c3c4cnc(-c5cc(O)cc6cccc(Cl)c56)c(F)c4nc(OCC45CCCN4CCC5)c31)CC1CCC2N1. The Morgan fingerprint density at radius 2 is 2.00 bits per heavy atom. The van der Waals surface area contributed by atoms with E-state index in [0.717, 1.165) is 68.1 Å². The number of pyridine rings is 3. The summed E-state index contributed by atoms with van der Waals surface area (Å²) in [5.74, 6) is -0.360. The van der Waals surface area contributed by atoms with Crippen molar-refractivity contribution >= 4 is 44.2 Å². The van der Waals surface area contributed by atoms with E-state index in [1.165, 1.54) is 6.07 Å². The van der Waals surface area contributed by atoms with Crippen LogP contribution in [0.3, 0.4) is 0 Å². The molecule has 4 aliphatic rings. The molecule has 0 saturated carbocycles. The number of aromatic hydroxyl groups is 1. The molecule has 3 saturated heterocycles. The van der Waals surface area contributed by atoms with Gasteiger partial charge in [0.05, 0.1) is 5.54 Å². The summed E-state index contributed by atoms with van der Waals surface area (Å²) in [5, 5.41) is 17.2. The van der Waals surface area contributed by atoms with Crippen molar-refractivity contribution in [2.24, 2.45) is 7.05 Å². The fourth-order valence-electron chi connectivity index (χ4n) is 8.85. The number of nitrogens with one attached hydrogen (secondary N) is 1. The number of rotatable bonds is 4. The number of ether oxygens (including phenoxy) is 1. The van der Waals surface area contributed by atoms with E-state index in [9.17, 15) is 9.90 Å². The Bertz CT molecular complexity index is 2140. The Morgan fingerprint density at radius 3 is 2.82 bits per heavy atom. The molecule has 2 aromatic carbocycles. The van der Waals surface area contributed by atoms with Crippen LogP contribution < -0.4 is 15.6 Å². The van der Waals surface area contributed by atoms with Gasteiger partial charge in [0.1, 0.15) is 29.1 Å². The molecule has 2 bridgehead atoms. The predicted octanol–water partition coefficient (Wildman–Crippen LogP) is 6.16. The summed E-state index contributed by atoms with van der Waals surface area (Å²) in [5.41, 5.74) is 2.73. The van der Waals surface area contributed by atoms with Gasteiger partial charge in [0.15, 0.2) is 5.82 Å². The quantitative estimate of drug-likeness (QED) is 0.231. The molecule has 2 unspecified atom stereocenters. The lowest BCUT2D eigenvalue weighted by Gasteiger charge is -2.32. The van der Waals surface area contributed by atoms with Crippen molar-refractivity contribution in [2.45, 2.75) is 62.6 Å². The van der Waals surface area contributed by atoms with E-state index in [0.29, 0.717) is 45.3 Å². The zero-order valence-electron chi connectivity index (χ0n) is 25.0. The van der Waals surface area contributed by atoms with Crippen LogP contribution in [0.15, 0.2) is 41.3 Å². The first-order valence-corrected chi connectivity index (χ1v) is 16.3. The van der Waals surface area contributed by atoms with Crippen molar-refractivity contribution < 1.29 is 14.2 Å². The minimum absolute atomic E-state index is 0.0134. The topological polar surface area (TPSA) is 92.5 Å². The van der Waals surface area contributed by atoms with Gasteiger partial charge in [-0.15, -0.1) is 0 Å². The number of benzene rings is 2. The van der Waals surface area contributed by atoms with Crippen molar-refractivity contribution in [1.29, 1.82) is 0 Å². The molecular weight excluding hydrogens is 593 g/mol. The third-order valence-electron chi connectivity index (χ3n) is 10.9. The maximum absolute atomic E-state index is 17.0. The fourth-order valence-corrected chi connectivity index (χ4v) is 9.14. The van der Waals surface area contributed by atoms with Crippen LogP contribution in [0.4, 0.5) is 4.39 Å². The van der Waals surface area contributed by atoms with Gasteiger partial charge in [0.25, 0.3) is 5.56 Å². The second-order valence-corrected chi connectivity index (χ2v) is 13.7. The Balaban J connectivity index is 1.32. The lowest BCUT2D eigenvalue weighted by molar-refractivity contribution is 0.112. The van der Waals surface area contributed by atoms with Gasteiger partial charge >= 0.3 is 0 Å². The number of hydrogen-bond acceptors (Lipinski definition) is 7. The summed E-state index contributed by atoms with van der Waals surface area (Å²) in [6, 6.07) is 8.68. The number of aromatic nitrogens is 3. The van der Waals surface area contributed by atoms with Crippen molar-refractivity contribution in [2.75, 3.05) is 19.7 Å². The molecule has 8 nitrogen and oxygen atoms in total. The maximum atomic E-state index is 17.0. The smallest absolute Gasteiger partial charge is 0.256 e. The van der Waals surface area contributed by atoms with E-state index in [2.05, 4.69) is 15.2 Å². The minimum atomic E-state index is -0.618. The molecule has 10 heteroatoms. The Labute approximate surface area is 263 Å². The molecule has 0 radical (unpaired) electrons. The van der Waals surface area contributed by atoms with E-state index >= 15 is 4.39 Å². The molecule has 3 fully saturated rings. The highest BCUT2D eigenvalue weighted by Crippen LogP contribution is 2.45. The van der Waals surface area contributed by atoms with Gasteiger partial charge in [-0.2, -0.15) is 0 Å². The molecule has 5 aromatic rings. The molecule has 2 N–H and O–H groups in total. The largest absolute Gasteiger partial charge is 0.508 e. The average Bonchev–Trinajstić information content (AvgIpc) is 3.72. The Hall–Kier alpha value is -3.79. The van der Waals surface area contributed by atoms with E-state index in [1.807, 2.05) is 6.07 Å². The monoisotopic (exact) mass is 625 g/mol. The molecular formula is C35H33ClFN5O3. The highest BCUT2D eigenvalue weighted by atomic mass is 35.5. The van der Waals surface area contributed by atoms with Crippen LogP contribution in [0.25, 0.3) is 43.8 Å². The van der Waals surface area contributed by atoms with Crippen molar-refractivity contribution in [3.05, 3.63) is 68.8 Å². The lowest BCUT2D eigenvalue weighted by atomic mass is 9.91. The van der Waals surface area contributed by atoms with Crippen molar-refractivity contribution in [3.63, 3.8) is 0 Å². The average molecular weight is 626 g/mol. The second kappa shape index (κ2) is 9.85. The first-order chi connectivity index (χ1) is 21.8. The molecule has 2 atom stereocenters. The van der Waals surface area contributed by atoms with Crippen LogP contribution in [0.2, 0.25) is 5.02 Å². The van der Waals surface area contributed by atoms with Gasteiger partial charge in [-0.1, -0.05) is 23.7 Å². The number of phenolic OH excluding ortho intramolecular Hbond substituents is 1. The van der Waals surface area contributed by atoms with Crippen LogP contribution in [0.1, 0.15) is 55.7 Å². The summed E-state index contributed by atoms with van der Waals surface area (Å²) in [6.45, 7) is 2.55. The van der Waals surface area contributed by atoms with Gasteiger partial charge in [0, 0.05) is 57.6 Å². The third-order valence-corrected chi connectivity index (χ3v) is 11.2. The highest BCUT2D eigenvalue weighted by molar-refractivity contribution is 6.36. The van der Waals surface area contributed by atoms with E-state index in [-0.39, 0.29) is 46.0 Å². The predicted molar refractivity (Wildman–Crippen MR) is 173 cm³/mol. The van der Waals surface area contributed by atoms with Crippen LogP contribution in [0, 0.1) is 5.82 Å². The molecule has 0 spiro atoms. The number of hydrogen-bond donors (Lipinski definition) is 2. The Kier molecular flexibility index (Phi) is 6.02. The lowest BCUT2D eigenvalue weighted by Crippen LogP contribution is -2.43. The van der Waals surface area contributed by atoms with Gasteiger partial charge in [0.2, 0.25) is 5.88 Å². The maximum Gasteiger partial charge on any atom is 0.256 e. The highest BCUT2D eigenvalue weighted by Gasteiger charge is 2.45. The number of nitrogens with zero attached hydrogens (tertiary/aromatic N) is 4. The van der Waals surface area contributed by atoms with Gasteiger partial charge in [-0.3, -0.25) is 14.7 Å². The molecule has 3 aromatic heterocycles. The van der Waals surface area contributed by atoms with Crippen LogP contribution in [-0.2, 0) is 13.5 Å². The summed E-state index contributed by atoms with van der Waals surface area (Å²) < 4.78 is 25.3. The summed E-state index contributed by atoms with van der Waals surface area (Å²) in [4.78, 5) is 26.0. The van der Waals surface area contributed by atoms with Crippen LogP contribution in [-0.4, -0.2) is 55.8 Å². The molecule has 0 amide bonds. The van der Waals surface area contributed by atoms with Gasteiger partial charge in [-0.05, 0) is 87.2 Å². The Morgan fingerprint density at radius 1 is 1.18 bits per heavy atom. The van der Waals surface area contributed by atoms with E-state index in [4.69, 9.17) is 21.3 Å². The van der Waals surface area contributed by atoms with Crippen LogP contribution >= 0.6 is 11.6 Å². The fraction of sp³-hybridized carbons (Fsp3) is 0.400. The van der Waals surface area contributed by atoms with E-state index in [1.54, 1.807) is 36.0 Å². The standard InChI is InChI=1S/C35H33ClFN5O3/c1-41-32-27(21-14-19-7-8-25(39-19)28(21)34(41)44)23-16-38-30(22-15-20(43)13-18-5-2-6-24(36)26(18)22)29(37)31(23)40-33(32)45-17-35-9-3-11-42(35)12-4-10-35/h2,5-6,13,15-16,19,25,39,43H,3-4,7-12,14,17H2,1H3. The number of fused-ring (bicyclic) bond motifs is 10. The number of halogens is 2. The first kappa shape index (κ1) is 27.5. The second-order valence-electron chi connectivity index (χ2n) is 13.3. The zero-order valence-corrected chi connectivity index (χ0v) is 25.8. The van der Waals surface area contributed by atoms with Crippen LogP contribution in [0.5, 0.6) is 11.6 Å². The summed E-state index contributed by atoms with van der Waals surface area (Å²) in [6.07, 6.45) is 8.56. The minimum Gasteiger partial charge on any atom is -0.508 e. The number of phenols is 1. The molecule has 9 rings (SSSR count). The van der Waals surface area contributed by atoms with Crippen molar-refractivity contribution in [3.8, 4) is 22.9 Å². The van der Waals surface area contributed by atoms with Gasteiger partial charge in [-0.25, -0.2) is 9.37 Å². The van der Waals surface area contributed by atoms with E-state index < -0.39 is 5.82 Å². The van der Waals surface area contributed by atoms with Gasteiger partial charge < -0.3 is 19.7 Å². The summed E-state index contributed by atoms with van der Waals surface area (Å²) in [7, 11) is 1.77. The third kappa shape index (κ3) is 3.93. The zero-order chi connectivity index (χ0) is 30.6. The first-order valence-electron chi connectivity index (χ1n) is 15.9. The molecule has 45 heavy (non-hydrogen) atoms. The molecule has 230 valence electrons. The normalized spacial score (nSPS) is 22.0. The molecule has 4 aliphatic heterocycles. The molecule has 0 aliphatic carbocycles. The number of aryl methyl sites for hydroxylation is 1. The summed E-state index contributed by atoms with van der Waals surface area (Å²) >= 11 is 6.62. The molecule has 7 heterocycles. The van der Waals surface area contributed by atoms with Crippen molar-refractivity contribution in [1.82, 2.24) is 24.8 Å².